The first-order valence-corrected chi connectivity index (χ1v) is 11.7. The normalized spacial score (nSPS) is 17.9. The SMILES string of the molecule is C=CCc1cccc(COC[C@H]2C[C@@H](C(=O)OCc3ccccc3)N(C(=O)OC(C)(C)C)C2)c1. The topological polar surface area (TPSA) is 65.1 Å². The molecule has 0 N–H and O–H groups in total. The third kappa shape index (κ3) is 7.73. The number of nitrogens with zero attached hydrogens (tertiary/aromatic N) is 1. The van der Waals surface area contributed by atoms with E-state index in [9.17, 15) is 9.59 Å². The van der Waals surface area contributed by atoms with E-state index in [0.29, 0.717) is 26.2 Å². The molecule has 0 radical (unpaired) electrons. The van der Waals surface area contributed by atoms with Crippen LogP contribution in [0.4, 0.5) is 4.79 Å². The lowest BCUT2D eigenvalue weighted by Gasteiger charge is -2.27. The second kappa shape index (κ2) is 11.8. The number of allylic oxidation sites excluding steroid dienone is 1. The number of likely N-dealkylation sites (tertiary alicyclic amines) is 1. The zero-order valence-electron chi connectivity index (χ0n) is 20.4. The fraction of sp³-hybridized carbons (Fsp3) is 0.429. The van der Waals surface area contributed by atoms with Crippen LogP contribution in [0, 0.1) is 5.92 Å². The van der Waals surface area contributed by atoms with Gasteiger partial charge < -0.3 is 14.2 Å². The van der Waals surface area contributed by atoms with Crippen LogP contribution in [-0.4, -0.2) is 41.8 Å². The maximum absolute atomic E-state index is 12.9. The predicted molar refractivity (Wildman–Crippen MR) is 131 cm³/mol. The molecule has 0 bridgehead atoms. The van der Waals surface area contributed by atoms with E-state index in [2.05, 4.69) is 18.7 Å². The molecule has 1 saturated heterocycles. The predicted octanol–water partition coefficient (Wildman–Crippen LogP) is 5.30. The van der Waals surface area contributed by atoms with Crippen LogP contribution < -0.4 is 0 Å². The molecular weight excluding hydrogens is 430 g/mol. The van der Waals surface area contributed by atoms with Gasteiger partial charge in [0, 0.05) is 12.5 Å². The Morgan fingerprint density at radius 3 is 2.44 bits per heavy atom. The Kier molecular flexibility index (Phi) is 8.88. The summed E-state index contributed by atoms with van der Waals surface area (Å²) >= 11 is 0. The molecular formula is C28H35NO5. The lowest BCUT2D eigenvalue weighted by molar-refractivity contribution is -0.150. The lowest BCUT2D eigenvalue weighted by Crippen LogP contribution is -2.44. The molecule has 0 saturated carbocycles. The average Bonchev–Trinajstić information content (AvgIpc) is 3.22. The zero-order valence-corrected chi connectivity index (χ0v) is 20.4. The summed E-state index contributed by atoms with van der Waals surface area (Å²) in [6.45, 7) is 10.7. The number of esters is 1. The van der Waals surface area contributed by atoms with Gasteiger partial charge in [-0.25, -0.2) is 9.59 Å². The van der Waals surface area contributed by atoms with E-state index in [1.807, 2.05) is 69.3 Å². The number of benzene rings is 2. The third-order valence-electron chi connectivity index (χ3n) is 5.51. The van der Waals surface area contributed by atoms with Gasteiger partial charge in [0.05, 0.1) is 13.2 Å². The number of carbonyl (C=O) groups excluding carboxylic acids is 2. The van der Waals surface area contributed by atoms with E-state index in [-0.39, 0.29) is 12.5 Å². The summed E-state index contributed by atoms with van der Waals surface area (Å²) in [7, 11) is 0. The molecule has 0 aromatic heterocycles. The van der Waals surface area contributed by atoms with Gasteiger partial charge in [-0.15, -0.1) is 6.58 Å². The molecule has 1 heterocycles. The summed E-state index contributed by atoms with van der Waals surface area (Å²) in [4.78, 5) is 27.2. The van der Waals surface area contributed by atoms with E-state index in [1.54, 1.807) is 0 Å². The van der Waals surface area contributed by atoms with Crippen LogP contribution >= 0.6 is 0 Å². The Labute approximate surface area is 202 Å². The molecule has 0 spiro atoms. The first-order chi connectivity index (χ1) is 16.2. The number of amides is 1. The van der Waals surface area contributed by atoms with Crippen LogP contribution in [0.1, 0.15) is 43.9 Å². The Morgan fingerprint density at radius 2 is 1.74 bits per heavy atom. The highest BCUT2D eigenvalue weighted by Gasteiger charge is 2.42. The van der Waals surface area contributed by atoms with Crippen LogP contribution in [-0.2, 0) is 38.6 Å². The fourth-order valence-corrected chi connectivity index (χ4v) is 3.97. The smallest absolute Gasteiger partial charge is 0.411 e. The van der Waals surface area contributed by atoms with Crippen LogP contribution in [0.2, 0.25) is 0 Å². The fourth-order valence-electron chi connectivity index (χ4n) is 3.97. The van der Waals surface area contributed by atoms with Gasteiger partial charge in [-0.1, -0.05) is 60.7 Å². The van der Waals surface area contributed by atoms with Crippen LogP contribution in [0.3, 0.4) is 0 Å². The molecule has 6 heteroatoms. The first-order valence-electron chi connectivity index (χ1n) is 11.7. The standard InChI is InChI=1S/C28H35NO5/c1-5-10-21-13-9-14-23(15-21)18-32-19-24-16-25(29(17-24)27(31)34-28(2,3)4)26(30)33-20-22-11-7-6-8-12-22/h5-9,11-15,24-25H,1,10,16-20H2,2-4H3/t24-,25-/m0/s1. The summed E-state index contributed by atoms with van der Waals surface area (Å²) in [6, 6.07) is 17.0. The minimum atomic E-state index is -0.692. The molecule has 2 atom stereocenters. The highest BCUT2D eigenvalue weighted by molar-refractivity contribution is 5.82. The molecule has 1 fully saturated rings. The molecule has 1 amide bonds. The molecule has 2 aromatic rings. The Bertz CT molecular complexity index is 966. The highest BCUT2D eigenvalue weighted by atomic mass is 16.6. The van der Waals surface area contributed by atoms with Gasteiger partial charge in [-0.05, 0) is 50.3 Å². The van der Waals surface area contributed by atoms with E-state index in [1.165, 1.54) is 10.5 Å². The summed E-state index contributed by atoms with van der Waals surface area (Å²) < 4.78 is 17.1. The van der Waals surface area contributed by atoms with Crippen molar-refractivity contribution in [1.29, 1.82) is 0 Å². The lowest BCUT2D eigenvalue weighted by atomic mass is 10.1. The number of ether oxygens (including phenoxy) is 3. The van der Waals surface area contributed by atoms with Crippen LogP contribution in [0.15, 0.2) is 67.3 Å². The largest absolute Gasteiger partial charge is 0.459 e. The summed E-state index contributed by atoms with van der Waals surface area (Å²) in [6.07, 6.45) is 2.66. The van der Waals surface area contributed by atoms with Crippen molar-refractivity contribution in [3.63, 3.8) is 0 Å². The van der Waals surface area contributed by atoms with Crippen molar-refractivity contribution in [3.05, 3.63) is 83.9 Å². The Hall–Kier alpha value is -3.12. The van der Waals surface area contributed by atoms with E-state index < -0.39 is 23.7 Å². The summed E-state index contributed by atoms with van der Waals surface area (Å²) in [5.41, 5.74) is 2.52. The van der Waals surface area contributed by atoms with Crippen molar-refractivity contribution >= 4 is 12.1 Å². The molecule has 182 valence electrons. The van der Waals surface area contributed by atoms with Gasteiger partial charge in [0.2, 0.25) is 0 Å². The van der Waals surface area contributed by atoms with E-state index in [4.69, 9.17) is 14.2 Å². The summed E-state index contributed by atoms with van der Waals surface area (Å²) in [5.74, 6) is -0.410. The molecule has 3 rings (SSSR count). The number of rotatable bonds is 9. The zero-order chi connectivity index (χ0) is 24.6. The molecule has 0 unspecified atom stereocenters. The van der Waals surface area contributed by atoms with Crippen molar-refractivity contribution in [2.24, 2.45) is 5.92 Å². The molecule has 1 aliphatic heterocycles. The molecule has 0 aliphatic carbocycles. The van der Waals surface area contributed by atoms with Crippen molar-refractivity contribution in [2.45, 2.75) is 58.5 Å². The van der Waals surface area contributed by atoms with Crippen LogP contribution in [0.5, 0.6) is 0 Å². The monoisotopic (exact) mass is 465 g/mol. The molecule has 34 heavy (non-hydrogen) atoms. The highest BCUT2D eigenvalue weighted by Crippen LogP contribution is 2.27. The number of carbonyl (C=O) groups is 2. The van der Waals surface area contributed by atoms with Crippen molar-refractivity contribution in [1.82, 2.24) is 4.90 Å². The minimum absolute atomic E-state index is 0.0122. The van der Waals surface area contributed by atoms with Gasteiger partial charge in [-0.2, -0.15) is 0 Å². The third-order valence-corrected chi connectivity index (χ3v) is 5.51. The van der Waals surface area contributed by atoms with Gasteiger partial charge in [0.15, 0.2) is 0 Å². The molecule has 1 aliphatic rings. The maximum Gasteiger partial charge on any atom is 0.411 e. The van der Waals surface area contributed by atoms with Crippen molar-refractivity contribution in [2.75, 3.05) is 13.2 Å². The van der Waals surface area contributed by atoms with E-state index >= 15 is 0 Å². The van der Waals surface area contributed by atoms with Crippen LogP contribution in [0.25, 0.3) is 0 Å². The van der Waals surface area contributed by atoms with Gasteiger partial charge in [-0.3, -0.25) is 4.90 Å². The van der Waals surface area contributed by atoms with E-state index in [0.717, 1.165) is 17.5 Å². The summed E-state index contributed by atoms with van der Waals surface area (Å²) in [5, 5.41) is 0. The maximum atomic E-state index is 12.9. The minimum Gasteiger partial charge on any atom is -0.459 e. The van der Waals surface area contributed by atoms with Gasteiger partial charge in [0.1, 0.15) is 18.2 Å². The number of hydrogen-bond donors (Lipinski definition) is 0. The van der Waals surface area contributed by atoms with Gasteiger partial charge in [0.25, 0.3) is 0 Å². The number of hydrogen-bond acceptors (Lipinski definition) is 5. The quantitative estimate of drug-likeness (QED) is 0.371. The Morgan fingerprint density at radius 1 is 1.03 bits per heavy atom. The second-order valence-electron chi connectivity index (χ2n) is 9.67. The van der Waals surface area contributed by atoms with Crippen molar-refractivity contribution in [3.8, 4) is 0 Å². The Balaban J connectivity index is 1.60. The molecule has 2 aromatic carbocycles. The van der Waals surface area contributed by atoms with Gasteiger partial charge >= 0.3 is 12.1 Å². The first kappa shape index (κ1) is 25.5. The molecule has 6 nitrogen and oxygen atoms in total. The second-order valence-corrected chi connectivity index (χ2v) is 9.67. The average molecular weight is 466 g/mol. The van der Waals surface area contributed by atoms with Crippen molar-refractivity contribution < 1.29 is 23.8 Å².